The predicted octanol–water partition coefficient (Wildman–Crippen LogP) is 5.76. The molecule has 2 heterocycles. The van der Waals surface area contributed by atoms with E-state index >= 15 is 0 Å². The number of aromatic nitrogens is 1. The summed E-state index contributed by atoms with van der Waals surface area (Å²) in [6, 6.07) is 10.5. The van der Waals surface area contributed by atoms with Crippen LogP contribution in [0.3, 0.4) is 0 Å². The zero-order valence-electron chi connectivity index (χ0n) is 13.1. The minimum Gasteiger partial charge on any atom is -0.441 e. The molecule has 2 aromatic heterocycles. The fraction of sp³-hybridized carbons (Fsp3) is 0.278. The molecule has 22 heavy (non-hydrogen) atoms. The topological polar surface area (TPSA) is 26.0 Å². The Morgan fingerprint density at radius 2 is 1.86 bits per heavy atom. The number of aryl methyl sites for hydroxylation is 3. The molecule has 1 aromatic carbocycles. The molecule has 0 spiro atoms. The highest BCUT2D eigenvalue weighted by molar-refractivity contribution is 7.97. The molecule has 114 valence electrons. The molecule has 3 aromatic rings. The van der Waals surface area contributed by atoms with Crippen molar-refractivity contribution in [2.45, 2.75) is 32.3 Å². The van der Waals surface area contributed by atoms with Crippen LogP contribution < -0.4 is 0 Å². The summed E-state index contributed by atoms with van der Waals surface area (Å²) < 4.78 is 5.83. The maximum absolute atomic E-state index is 5.83. The van der Waals surface area contributed by atoms with Crippen LogP contribution in [0.25, 0.3) is 11.5 Å². The molecular formula is C18H19NOS2. The van der Waals surface area contributed by atoms with Crippen LogP contribution in [0.4, 0.5) is 0 Å². The van der Waals surface area contributed by atoms with Gasteiger partial charge in [0.05, 0.1) is 5.69 Å². The van der Waals surface area contributed by atoms with E-state index in [0.717, 1.165) is 34.4 Å². The standard InChI is InChI=1S/C18H19NOS2/c1-12-4-6-16(7-5-12)18-19-17(14(3)20-18)11-21-9-15-8-13(2)22-10-15/h4-8,10H,9,11H2,1-3H3. The summed E-state index contributed by atoms with van der Waals surface area (Å²) >= 11 is 3.69. The number of rotatable bonds is 5. The summed E-state index contributed by atoms with van der Waals surface area (Å²) in [6.45, 7) is 6.22. The quantitative estimate of drug-likeness (QED) is 0.595. The number of hydrogen-bond acceptors (Lipinski definition) is 4. The molecule has 0 saturated carbocycles. The van der Waals surface area contributed by atoms with Gasteiger partial charge in [-0.05, 0) is 49.9 Å². The number of thioether (sulfide) groups is 1. The van der Waals surface area contributed by atoms with Crippen LogP contribution >= 0.6 is 23.1 Å². The first-order valence-electron chi connectivity index (χ1n) is 7.27. The van der Waals surface area contributed by atoms with Gasteiger partial charge in [0.1, 0.15) is 5.76 Å². The minimum atomic E-state index is 0.722. The van der Waals surface area contributed by atoms with Crippen LogP contribution in [0.15, 0.2) is 40.1 Å². The van der Waals surface area contributed by atoms with Crippen molar-refractivity contribution in [1.29, 1.82) is 0 Å². The minimum absolute atomic E-state index is 0.722. The molecule has 0 fully saturated rings. The van der Waals surface area contributed by atoms with Gasteiger partial charge in [0.15, 0.2) is 0 Å². The van der Waals surface area contributed by atoms with Gasteiger partial charge in [-0.1, -0.05) is 17.7 Å². The van der Waals surface area contributed by atoms with Crippen LogP contribution in [0, 0.1) is 20.8 Å². The van der Waals surface area contributed by atoms with E-state index in [1.165, 1.54) is 16.0 Å². The lowest BCUT2D eigenvalue weighted by molar-refractivity contribution is 0.540. The van der Waals surface area contributed by atoms with Gasteiger partial charge in [-0.25, -0.2) is 4.98 Å². The van der Waals surface area contributed by atoms with E-state index in [9.17, 15) is 0 Å². The Bertz CT molecular complexity index is 756. The number of thiophene rings is 1. The number of oxazole rings is 1. The normalized spacial score (nSPS) is 11.0. The fourth-order valence-electron chi connectivity index (χ4n) is 2.22. The first kappa shape index (κ1) is 15.4. The Kier molecular flexibility index (Phi) is 4.69. The highest BCUT2D eigenvalue weighted by Gasteiger charge is 2.11. The summed E-state index contributed by atoms with van der Waals surface area (Å²) in [5.74, 6) is 3.55. The Balaban J connectivity index is 1.66. The fourth-order valence-corrected chi connectivity index (χ4v) is 4.00. The second-order valence-electron chi connectivity index (χ2n) is 5.45. The van der Waals surface area contributed by atoms with Gasteiger partial charge in [-0.15, -0.1) is 11.3 Å². The zero-order chi connectivity index (χ0) is 15.5. The smallest absolute Gasteiger partial charge is 0.226 e. The molecule has 0 unspecified atom stereocenters. The van der Waals surface area contributed by atoms with Gasteiger partial charge in [-0.3, -0.25) is 0 Å². The predicted molar refractivity (Wildman–Crippen MR) is 95.5 cm³/mol. The molecule has 0 aliphatic heterocycles. The molecule has 0 aliphatic rings. The van der Waals surface area contributed by atoms with Crippen molar-refractivity contribution in [3.8, 4) is 11.5 Å². The maximum Gasteiger partial charge on any atom is 0.226 e. The third-order valence-electron chi connectivity index (χ3n) is 3.48. The molecular weight excluding hydrogens is 310 g/mol. The second kappa shape index (κ2) is 6.71. The number of benzene rings is 1. The van der Waals surface area contributed by atoms with Gasteiger partial charge in [0.2, 0.25) is 5.89 Å². The van der Waals surface area contributed by atoms with E-state index in [4.69, 9.17) is 4.42 Å². The van der Waals surface area contributed by atoms with Crippen molar-refractivity contribution in [2.75, 3.05) is 0 Å². The third-order valence-corrected chi connectivity index (χ3v) is 5.41. The van der Waals surface area contributed by atoms with Gasteiger partial charge in [0, 0.05) is 21.9 Å². The number of nitrogens with zero attached hydrogens (tertiary/aromatic N) is 1. The van der Waals surface area contributed by atoms with Crippen molar-refractivity contribution >= 4 is 23.1 Å². The van der Waals surface area contributed by atoms with E-state index in [0.29, 0.717) is 0 Å². The average molecular weight is 329 g/mol. The molecule has 0 bridgehead atoms. The van der Waals surface area contributed by atoms with Gasteiger partial charge in [0.25, 0.3) is 0 Å². The van der Waals surface area contributed by atoms with Gasteiger partial charge >= 0.3 is 0 Å². The van der Waals surface area contributed by atoms with E-state index in [1.807, 2.05) is 30.0 Å². The summed E-state index contributed by atoms with van der Waals surface area (Å²) in [4.78, 5) is 6.03. The molecule has 0 N–H and O–H groups in total. The zero-order valence-corrected chi connectivity index (χ0v) is 14.7. The lowest BCUT2D eigenvalue weighted by Crippen LogP contribution is -1.85. The molecule has 2 nitrogen and oxygen atoms in total. The third kappa shape index (κ3) is 3.62. The van der Waals surface area contributed by atoms with Crippen molar-refractivity contribution in [2.24, 2.45) is 0 Å². The van der Waals surface area contributed by atoms with Crippen LogP contribution in [-0.2, 0) is 11.5 Å². The Morgan fingerprint density at radius 1 is 1.09 bits per heavy atom. The van der Waals surface area contributed by atoms with Gasteiger partial charge in [-0.2, -0.15) is 11.8 Å². The summed E-state index contributed by atoms with van der Waals surface area (Å²) in [5, 5.41) is 2.23. The molecule has 3 rings (SSSR count). The van der Waals surface area contributed by atoms with E-state index in [2.05, 4.69) is 54.5 Å². The SMILES string of the molecule is Cc1ccc(-c2nc(CSCc3csc(C)c3)c(C)o2)cc1. The van der Waals surface area contributed by atoms with Crippen molar-refractivity contribution in [1.82, 2.24) is 4.98 Å². The van der Waals surface area contributed by atoms with E-state index in [-0.39, 0.29) is 0 Å². The Hall–Kier alpha value is -1.52. The summed E-state index contributed by atoms with van der Waals surface area (Å²) in [7, 11) is 0. The van der Waals surface area contributed by atoms with Crippen LogP contribution in [0.2, 0.25) is 0 Å². The Morgan fingerprint density at radius 3 is 2.55 bits per heavy atom. The van der Waals surface area contributed by atoms with Crippen molar-refractivity contribution in [3.63, 3.8) is 0 Å². The van der Waals surface area contributed by atoms with Crippen molar-refractivity contribution < 1.29 is 4.42 Å². The number of hydrogen-bond donors (Lipinski definition) is 0. The maximum atomic E-state index is 5.83. The summed E-state index contributed by atoms with van der Waals surface area (Å²) in [5.41, 5.74) is 4.73. The largest absolute Gasteiger partial charge is 0.441 e. The highest BCUT2D eigenvalue weighted by atomic mass is 32.2. The first-order chi connectivity index (χ1) is 10.6. The molecule has 0 saturated heterocycles. The van der Waals surface area contributed by atoms with Crippen molar-refractivity contribution in [3.05, 3.63) is 63.2 Å². The lowest BCUT2D eigenvalue weighted by Gasteiger charge is -1.97. The lowest BCUT2D eigenvalue weighted by atomic mass is 10.1. The molecule has 0 aliphatic carbocycles. The monoisotopic (exact) mass is 329 g/mol. The average Bonchev–Trinajstić information content (AvgIpc) is 3.07. The van der Waals surface area contributed by atoms with Crippen LogP contribution in [0.1, 0.15) is 27.5 Å². The van der Waals surface area contributed by atoms with Gasteiger partial charge < -0.3 is 4.42 Å². The molecule has 4 heteroatoms. The molecule has 0 radical (unpaired) electrons. The first-order valence-corrected chi connectivity index (χ1v) is 9.30. The van der Waals surface area contributed by atoms with E-state index in [1.54, 1.807) is 0 Å². The highest BCUT2D eigenvalue weighted by Crippen LogP contribution is 2.26. The Labute approximate surface area is 139 Å². The second-order valence-corrected chi connectivity index (χ2v) is 7.55. The molecule has 0 atom stereocenters. The van der Waals surface area contributed by atoms with Crippen LogP contribution in [0.5, 0.6) is 0 Å². The molecule has 0 amide bonds. The summed E-state index contributed by atoms with van der Waals surface area (Å²) in [6.07, 6.45) is 0. The van der Waals surface area contributed by atoms with E-state index < -0.39 is 0 Å². The van der Waals surface area contributed by atoms with Crippen LogP contribution in [-0.4, -0.2) is 4.98 Å².